The highest BCUT2D eigenvalue weighted by Crippen LogP contribution is 2.19. The minimum atomic E-state index is -0.0268. The first-order chi connectivity index (χ1) is 10.7. The number of carbonyl (C=O) groups is 2. The highest BCUT2D eigenvalue weighted by molar-refractivity contribution is 5.94. The molecule has 1 heterocycles. The van der Waals surface area contributed by atoms with Gasteiger partial charge in [-0.2, -0.15) is 5.26 Å². The summed E-state index contributed by atoms with van der Waals surface area (Å²) < 4.78 is 0. The van der Waals surface area contributed by atoms with E-state index < -0.39 is 0 Å². The topological polar surface area (TPSA) is 73.2 Å². The van der Waals surface area contributed by atoms with Gasteiger partial charge in [0.15, 0.2) is 0 Å². The van der Waals surface area contributed by atoms with Gasteiger partial charge >= 0.3 is 0 Å². The Bertz CT molecular complexity index is 575. The van der Waals surface area contributed by atoms with Crippen molar-refractivity contribution in [3.63, 3.8) is 0 Å². The third kappa shape index (κ3) is 3.85. The van der Waals surface area contributed by atoms with Crippen molar-refractivity contribution in [2.45, 2.75) is 26.2 Å². The number of nitrogens with zero attached hydrogens (tertiary/aromatic N) is 2. The number of carbonyl (C=O) groups excluding carboxylic acids is 2. The summed E-state index contributed by atoms with van der Waals surface area (Å²) in [6.45, 7) is 3.83. The fourth-order valence-electron chi connectivity index (χ4n) is 2.75. The molecule has 1 N–H and O–H groups in total. The molecular formula is C17H21N3O2. The summed E-state index contributed by atoms with van der Waals surface area (Å²) in [7, 11) is 0. The standard InChI is InChI=1S/C17H21N3O2/c1-2-19-16(21)14-4-3-10-20(11-9-14)17(22)15-7-5-13(12-18)6-8-15/h5-8,14H,2-4,9-11H2,1H3,(H,19,21). The van der Waals surface area contributed by atoms with Crippen LogP contribution in [0.1, 0.15) is 42.1 Å². The van der Waals surface area contributed by atoms with E-state index in [1.165, 1.54) is 0 Å². The summed E-state index contributed by atoms with van der Waals surface area (Å²) in [5.41, 5.74) is 1.14. The van der Waals surface area contributed by atoms with E-state index in [-0.39, 0.29) is 17.7 Å². The first-order valence-corrected chi connectivity index (χ1v) is 7.73. The van der Waals surface area contributed by atoms with Crippen molar-refractivity contribution in [1.29, 1.82) is 5.26 Å². The molecular weight excluding hydrogens is 278 g/mol. The van der Waals surface area contributed by atoms with Crippen molar-refractivity contribution in [2.75, 3.05) is 19.6 Å². The van der Waals surface area contributed by atoms with Gasteiger partial charge in [-0.25, -0.2) is 0 Å². The van der Waals surface area contributed by atoms with Gasteiger partial charge in [0.05, 0.1) is 11.6 Å². The molecule has 1 aliphatic heterocycles. The monoisotopic (exact) mass is 299 g/mol. The lowest BCUT2D eigenvalue weighted by atomic mass is 10.00. The minimum Gasteiger partial charge on any atom is -0.356 e. The van der Waals surface area contributed by atoms with Crippen LogP contribution < -0.4 is 5.32 Å². The molecule has 0 bridgehead atoms. The van der Waals surface area contributed by atoms with Crippen LogP contribution in [0.2, 0.25) is 0 Å². The minimum absolute atomic E-state index is 0.00119. The molecule has 0 aromatic heterocycles. The summed E-state index contributed by atoms with van der Waals surface area (Å²) in [6, 6.07) is 8.73. The molecule has 1 aliphatic rings. The summed E-state index contributed by atoms with van der Waals surface area (Å²) in [6.07, 6.45) is 2.36. The molecule has 0 radical (unpaired) electrons. The number of benzene rings is 1. The Kier molecular flexibility index (Phi) is 5.54. The Hall–Kier alpha value is -2.35. The zero-order chi connectivity index (χ0) is 15.9. The van der Waals surface area contributed by atoms with E-state index >= 15 is 0 Å². The van der Waals surface area contributed by atoms with Crippen LogP contribution in [0.5, 0.6) is 0 Å². The van der Waals surface area contributed by atoms with Gasteiger partial charge in [-0.3, -0.25) is 9.59 Å². The van der Waals surface area contributed by atoms with Crippen LogP contribution in [-0.2, 0) is 4.79 Å². The number of hydrogen-bond donors (Lipinski definition) is 1. The van der Waals surface area contributed by atoms with Crippen LogP contribution in [0.3, 0.4) is 0 Å². The lowest BCUT2D eigenvalue weighted by Gasteiger charge is -2.20. The highest BCUT2D eigenvalue weighted by Gasteiger charge is 2.25. The van der Waals surface area contributed by atoms with Crippen molar-refractivity contribution < 1.29 is 9.59 Å². The third-order valence-electron chi connectivity index (χ3n) is 4.00. The van der Waals surface area contributed by atoms with Gasteiger partial charge in [0.25, 0.3) is 5.91 Å². The van der Waals surface area contributed by atoms with Crippen molar-refractivity contribution in [3.8, 4) is 6.07 Å². The van der Waals surface area contributed by atoms with Crippen LogP contribution >= 0.6 is 0 Å². The first kappa shape index (κ1) is 16.0. The highest BCUT2D eigenvalue weighted by atomic mass is 16.2. The molecule has 1 atom stereocenters. The van der Waals surface area contributed by atoms with Gasteiger partial charge in [0.1, 0.15) is 0 Å². The smallest absolute Gasteiger partial charge is 0.253 e. The van der Waals surface area contributed by atoms with Crippen molar-refractivity contribution >= 4 is 11.8 Å². The zero-order valence-corrected chi connectivity index (χ0v) is 12.8. The molecule has 1 aromatic carbocycles. The second kappa shape index (κ2) is 7.60. The largest absolute Gasteiger partial charge is 0.356 e. The Morgan fingerprint density at radius 1 is 1.27 bits per heavy atom. The van der Waals surface area contributed by atoms with E-state index in [1.807, 2.05) is 13.0 Å². The predicted octanol–water partition coefficient (Wildman–Crippen LogP) is 1.94. The summed E-state index contributed by atoms with van der Waals surface area (Å²) in [5, 5.41) is 11.7. The molecule has 1 aromatic rings. The van der Waals surface area contributed by atoms with E-state index in [9.17, 15) is 9.59 Å². The molecule has 5 heteroatoms. The lowest BCUT2D eigenvalue weighted by Crippen LogP contribution is -2.33. The molecule has 2 rings (SSSR count). The van der Waals surface area contributed by atoms with Gasteiger partial charge in [-0.05, 0) is 50.5 Å². The summed E-state index contributed by atoms with van der Waals surface area (Å²) in [5.74, 6) is 0.0647. The Balaban J connectivity index is 1.99. The Morgan fingerprint density at radius 2 is 2.00 bits per heavy atom. The lowest BCUT2D eigenvalue weighted by molar-refractivity contribution is -0.125. The van der Waals surface area contributed by atoms with Gasteiger partial charge in [0, 0.05) is 31.1 Å². The van der Waals surface area contributed by atoms with Crippen molar-refractivity contribution in [1.82, 2.24) is 10.2 Å². The molecule has 5 nitrogen and oxygen atoms in total. The Labute approximate surface area is 130 Å². The molecule has 116 valence electrons. The maximum atomic E-state index is 12.5. The summed E-state index contributed by atoms with van der Waals surface area (Å²) >= 11 is 0. The van der Waals surface area contributed by atoms with Crippen LogP contribution in [0.15, 0.2) is 24.3 Å². The second-order valence-corrected chi connectivity index (χ2v) is 5.50. The Morgan fingerprint density at radius 3 is 2.64 bits per heavy atom. The quantitative estimate of drug-likeness (QED) is 0.927. The fourth-order valence-corrected chi connectivity index (χ4v) is 2.75. The molecule has 2 amide bonds. The van der Waals surface area contributed by atoms with E-state index in [0.717, 1.165) is 12.8 Å². The average molecular weight is 299 g/mol. The SMILES string of the molecule is CCNC(=O)C1CCCN(C(=O)c2ccc(C#N)cc2)CC1. The first-order valence-electron chi connectivity index (χ1n) is 7.73. The molecule has 22 heavy (non-hydrogen) atoms. The summed E-state index contributed by atoms with van der Waals surface area (Å²) in [4.78, 5) is 26.2. The maximum Gasteiger partial charge on any atom is 0.253 e. The van der Waals surface area contributed by atoms with Crippen molar-refractivity contribution in [2.24, 2.45) is 5.92 Å². The van der Waals surface area contributed by atoms with E-state index in [2.05, 4.69) is 5.32 Å². The third-order valence-corrected chi connectivity index (χ3v) is 4.00. The number of rotatable bonds is 3. The van der Waals surface area contributed by atoms with E-state index in [0.29, 0.717) is 37.2 Å². The normalized spacial score (nSPS) is 18.2. The maximum absolute atomic E-state index is 12.5. The number of nitrogens with one attached hydrogen (secondary N) is 1. The molecule has 0 spiro atoms. The van der Waals surface area contributed by atoms with Gasteiger partial charge in [0.2, 0.25) is 5.91 Å². The number of nitriles is 1. The van der Waals surface area contributed by atoms with Gasteiger partial charge < -0.3 is 10.2 Å². The van der Waals surface area contributed by atoms with E-state index in [4.69, 9.17) is 5.26 Å². The van der Waals surface area contributed by atoms with Crippen LogP contribution in [0.4, 0.5) is 0 Å². The van der Waals surface area contributed by atoms with Gasteiger partial charge in [-0.1, -0.05) is 0 Å². The molecule has 1 saturated heterocycles. The average Bonchev–Trinajstić information content (AvgIpc) is 2.80. The van der Waals surface area contributed by atoms with Crippen LogP contribution in [0, 0.1) is 17.2 Å². The van der Waals surface area contributed by atoms with Crippen LogP contribution in [-0.4, -0.2) is 36.3 Å². The number of amides is 2. The molecule has 1 fully saturated rings. The van der Waals surface area contributed by atoms with Crippen molar-refractivity contribution in [3.05, 3.63) is 35.4 Å². The fraction of sp³-hybridized carbons (Fsp3) is 0.471. The molecule has 1 unspecified atom stereocenters. The number of hydrogen-bond acceptors (Lipinski definition) is 3. The predicted molar refractivity (Wildman–Crippen MR) is 83.1 cm³/mol. The van der Waals surface area contributed by atoms with Crippen LogP contribution in [0.25, 0.3) is 0 Å². The molecule has 0 saturated carbocycles. The second-order valence-electron chi connectivity index (χ2n) is 5.50. The van der Waals surface area contributed by atoms with Gasteiger partial charge in [-0.15, -0.1) is 0 Å². The zero-order valence-electron chi connectivity index (χ0n) is 12.8. The molecule has 0 aliphatic carbocycles. The number of likely N-dealkylation sites (tertiary alicyclic amines) is 1. The van der Waals surface area contributed by atoms with E-state index in [1.54, 1.807) is 29.2 Å².